The van der Waals surface area contributed by atoms with Gasteiger partial charge in [-0.15, -0.1) is 0 Å². The van der Waals surface area contributed by atoms with E-state index in [4.69, 9.17) is 5.73 Å². The number of nitrogens with zero attached hydrogens (tertiary/aromatic N) is 1. The first-order chi connectivity index (χ1) is 10.5. The molecular weight excluding hydrogens is 274 g/mol. The zero-order valence-corrected chi connectivity index (χ0v) is 14.0. The molecule has 1 fully saturated rings. The number of hydrogen-bond acceptors (Lipinski definition) is 3. The van der Waals surface area contributed by atoms with Gasteiger partial charge in [0.1, 0.15) is 0 Å². The van der Waals surface area contributed by atoms with Crippen LogP contribution in [0.25, 0.3) is 0 Å². The van der Waals surface area contributed by atoms with E-state index in [0.29, 0.717) is 6.04 Å². The number of anilines is 1. The Morgan fingerprint density at radius 1 is 1.32 bits per heavy atom. The highest BCUT2D eigenvalue weighted by molar-refractivity contribution is 5.94. The lowest BCUT2D eigenvalue weighted by atomic mass is 10.0. The van der Waals surface area contributed by atoms with Crippen molar-refractivity contribution in [1.29, 1.82) is 0 Å². The summed E-state index contributed by atoms with van der Waals surface area (Å²) in [5.74, 6) is 0.0206. The molecule has 1 saturated heterocycles. The molecule has 1 aliphatic rings. The van der Waals surface area contributed by atoms with Gasteiger partial charge in [0.15, 0.2) is 0 Å². The monoisotopic (exact) mass is 303 g/mol. The van der Waals surface area contributed by atoms with Crippen molar-refractivity contribution in [3.05, 3.63) is 29.8 Å². The van der Waals surface area contributed by atoms with E-state index in [1.165, 1.54) is 31.4 Å². The first-order valence-electron chi connectivity index (χ1n) is 8.37. The molecule has 3 N–H and O–H groups in total. The number of carbonyl (C=O) groups is 1. The Hall–Kier alpha value is -1.39. The number of hydrogen-bond donors (Lipinski definition) is 2. The van der Waals surface area contributed by atoms with Crippen molar-refractivity contribution in [2.24, 2.45) is 11.7 Å². The molecule has 0 radical (unpaired) electrons. The zero-order chi connectivity index (χ0) is 16.1. The lowest BCUT2D eigenvalue weighted by Crippen LogP contribution is -2.39. The van der Waals surface area contributed by atoms with Crippen LogP contribution in [0, 0.1) is 5.92 Å². The molecule has 0 bridgehead atoms. The zero-order valence-electron chi connectivity index (χ0n) is 14.0. The molecule has 122 valence electrons. The smallest absolute Gasteiger partial charge is 0.241 e. The van der Waals surface area contributed by atoms with Crippen molar-refractivity contribution in [2.75, 3.05) is 11.9 Å². The molecule has 1 aliphatic heterocycles. The summed E-state index contributed by atoms with van der Waals surface area (Å²) < 4.78 is 0. The second kappa shape index (κ2) is 7.75. The minimum absolute atomic E-state index is 0.118. The standard InChI is InChI=1S/C18H29N3O/c1-13(2)17(19)18(22)20-16-9-7-15(8-10-16)12-21-11-5-4-6-14(21)3/h7-10,13-14,17H,4-6,11-12,19H2,1-3H3,(H,20,22)/t14?,17-/m0/s1. The summed E-state index contributed by atoms with van der Waals surface area (Å²) in [5, 5.41) is 2.89. The van der Waals surface area contributed by atoms with Crippen LogP contribution < -0.4 is 11.1 Å². The molecular formula is C18H29N3O. The quantitative estimate of drug-likeness (QED) is 0.879. The van der Waals surface area contributed by atoms with Gasteiger partial charge in [0.05, 0.1) is 6.04 Å². The van der Waals surface area contributed by atoms with Crippen molar-refractivity contribution in [1.82, 2.24) is 4.90 Å². The Bertz CT molecular complexity index is 484. The molecule has 2 atom stereocenters. The number of benzene rings is 1. The summed E-state index contributed by atoms with van der Waals surface area (Å²) in [6, 6.07) is 8.32. The number of rotatable bonds is 5. The first kappa shape index (κ1) is 17.0. The van der Waals surface area contributed by atoms with E-state index in [-0.39, 0.29) is 11.8 Å². The third-order valence-corrected chi connectivity index (χ3v) is 4.57. The van der Waals surface area contributed by atoms with Gasteiger partial charge in [0.25, 0.3) is 0 Å². The van der Waals surface area contributed by atoms with Gasteiger partial charge in [-0.05, 0) is 49.9 Å². The number of likely N-dealkylation sites (tertiary alicyclic amines) is 1. The molecule has 1 heterocycles. The van der Waals surface area contributed by atoms with E-state index in [1.54, 1.807) is 0 Å². The molecule has 1 unspecified atom stereocenters. The Morgan fingerprint density at radius 2 is 2.00 bits per heavy atom. The van der Waals surface area contributed by atoms with Crippen LogP contribution in [0.5, 0.6) is 0 Å². The van der Waals surface area contributed by atoms with Crippen molar-refractivity contribution < 1.29 is 4.79 Å². The maximum Gasteiger partial charge on any atom is 0.241 e. The highest BCUT2D eigenvalue weighted by Gasteiger charge is 2.19. The minimum Gasteiger partial charge on any atom is -0.325 e. The van der Waals surface area contributed by atoms with E-state index < -0.39 is 6.04 Å². The summed E-state index contributed by atoms with van der Waals surface area (Å²) in [7, 11) is 0. The predicted molar refractivity (Wildman–Crippen MR) is 91.6 cm³/mol. The Labute approximate surface area is 134 Å². The molecule has 1 aromatic rings. The van der Waals surface area contributed by atoms with Crippen LogP contribution in [0.15, 0.2) is 24.3 Å². The van der Waals surface area contributed by atoms with Gasteiger partial charge in [0, 0.05) is 18.3 Å². The van der Waals surface area contributed by atoms with E-state index in [0.717, 1.165) is 12.2 Å². The first-order valence-corrected chi connectivity index (χ1v) is 8.37. The SMILES string of the molecule is CC(C)[C@H](N)C(=O)Nc1ccc(CN2CCCCC2C)cc1. The third kappa shape index (κ3) is 4.55. The van der Waals surface area contributed by atoms with Crippen LogP contribution in [0.3, 0.4) is 0 Å². The maximum absolute atomic E-state index is 12.0. The number of nitrogens with two attached hydrogens (primary N) is 1. The summed E-state index contributed by atoms with van der Waals surface area (Å²) in [6.45, 7) is 8.38. The highest BCUT2D eigenvalue weighted by atomic mass is 16.2. The van der Waals surface area contributed by atoms with Gasteiger partial charge in [-0.1, -0.05) is 32.4 Å². The van der Waals surface area contributed by atoms with Crippen LogP contribution >= 0.6 is 0 Å². The van der Waals surface area contributed by atoms with Gasteiger partial charge in [-0.3, -0.25) is 9.69 Å². The maximum atomic E-state index is 12.0. The number of amides is 1. The molecule has 22 heavy (non-hydrogen) atoms. The number of piperidine rings is 1. The summed E-state index contributed by atoms with van der Waals surface area (Å²) in [4.78, 5) is 14.5. The van der Waals surface area contributed by atoms with E-state index in [1.807, 2.05) is 26.0 Å². The van der Waals surface area contributed by atoms with Gasteiger partial charge in [0.2, 0.25) is 5.91 Å². The van der Waals surface area contributed by atoms with Crippen LogP contribution in [-0.4, -0.2) is 29.4 Å². The fourth-order valence-corrected chi connectivity index (χ4v) is 2.85. The van der Waals surface area contributed by atoms with Crippen LogP contribution in [-0.2, 0) is 11.3 Å². The fraction of sp³-hybridized carbons (Fsp3) is 0.611. The third-order valence-electron chi connectivity index (χ3n) is 4.57. The van der Waals surface area contributed by atoms with Crippen LogP contribution in [0.4, 0.5) is 5.69 Å². The Balaban J connectivity index is 1.91. The molecule has 1 aromatic carbocycles. The van der Waals surface area contributed by atoms with Gasteiger partial charge in [-0.25, -0.2) is 0 Å². The van der Waals surface area contributed by atoms with Crippen molar-refractivity contribution in [3.63, 3.8) is 0 Å². The normalized spacial score (nSPS) is 20.9. The molecule has 4 heteroatoms. The molecule has 4 nitrogen and oxygen atoms in total. The Kier molecular flexibility index (Phi) is 5.98. The van der Waals surface area contributed by atoms with Crippen molar-refractivity contribution in [3.8, 4) is 0 Å². The molecule has 1 amide bonds. The van der Waals surface area contributed by atoms with E-state index in [2.05, 4.69) is 29.3 Å². The minimum atomic E-state index is -0.464. The average molecular weight is 303 g/mol. The molecule has 0 saturated carbocycles. The molecule has 0 aromatic heterocycles. The summed E-state index contributed by atoms with van der Waals surface area (Å²) >= 11 is 0. The Morgan fingerprint density at radius 3 is 2.59 bits per heavy atom. The van der Waals surface area contributed by atoms with Gasteiger partial charge >= 0.3 is 0 Å². The topological polar surface area (TPSA) is 58.4 Å². The van der Waals surface area contributed by atoms with Crippen molar-refractivity contribution >= 4 is 11.6 Å². The molecule has 0 aliphatic carbocycles. The lowest BCUT2D eigenvalue weighted by molar-refractivity contribution is -0.118. The van der Waals surface area contributed by atoms with E-state index in [9.17, 15) is 4.79 Å². The number of nitrogens with one attached hydrogen (secondary N) is 1. The highest BCUT2D eigenvalue weighted by Crippen LogP contribution is 2.20. The van der Waals surface area contributed by atoms with Gasteiger partial charge < -0.3 is 11.1 Å². The molecule has 0 spiro atoms. The summed E-state index contributed by atoms with van der Waals surface area (Å²) in [5.41, 5.74) is 7.97. The average Bonchev–Trinajstić information content (AvgIpc) is 2.50. The lowest BCUT2D eigenvalue weighted by Gasteiger charge is -2.33. The number of carbonyl (C=O) groups excluding carboxylic acids is 1. The van der Waals surface area contributed by atoms with E-state index >= 15 is 0 Å². The molecule has 2 rings (SSSR count). The van der Waals surface area contributed by atoms with Crippen LogP contribution in [0.2, 0.25) is 0 Å². The fourth-order valence-electron chi connectivity index (χ4n) is 2.85. The second-order valence-corrected chi connectivity index (χ2v) is 6.77. The van der Waals surface area contributed by atoms with Gasteiger partial charge in [-0.2, -0.15) is 0 Å². The van der Waals surface area contributed by atoms with Crippen molar-refractivity contribution in [2.45, 2.75) is 58.7 Å². The summed E-state index contributed by atoms with van der Waals surface area (Å²) in [6.07, 6.45) is 3.94. The predicted octanol–water partition coefficient (Wildman–Crippen LogP) is 2.98. The largest absolute Gasteiger partial charge is 0.325 e. The van der Waals surface area contributed by atoms with Crippen LogP contribution in [0.1, 0.15) is 45.6 Å². The second-order valence-electron chi connectivity index (χ2n) is 6.77.